The molecule has 23 heavy (non-hydrogen) atoms. The van der Waals surface area contributed by atoms with Gasteiger partial charge in [-0.25, -0.2) is 9.82 Å². The fraction of sp³-hybridized carbons (Fsp3) is 0.0714. The average molecular weight is 351 g/mol. The molecule has 0 saturated carbocycles. The Morgan fingerprint density at radius 2 is 2.17 bits per heavy atom. The van der Waals surface area contributed by atoms with Gasteiger partial charge >= 0.3 is 0 Å². The van der Waals surface area contributed by atoms with Crippen LogP contribution < -0.4 is 10.3 Å². The number of carbonyl (C=O) groups is 2. The van der Waals surface area contributed by atoms with Gasteiger partial charge in [0.15, 0.2) is 10.2 Å². The quantitative estimate of drug-likeness (QED) is 0.832. The van der Waals surface area contributed by atoms with E-state index in [1.54, 1.807) is 6.07 Å². The zero-order valence-corrected chi connectivity index (χ0v) is 13.2. The number of nitrogens with zero attached hydrogens (tertiary/aromatic N) is 2. The number of hydrazone groups is 1. The van der Waals surface area contributed by atoms with Gasteiger partial charge in [0.2, 0.25) is 5.91 Å². The lowest BCUT2D eigenvalue weighted by atomic mass is 10.3. The molecule has 1 aliphatic rings. The van der Waals surface area contributed by atoms with Gasteiger partial charge in [-0.15, -0.1) is 5.10 Å². The Morgan fingerprint density at radius 3 is 2.87 bits per heavy atom. The maximum atomic E-state index is 13.3. The number of aromatic hydroxyl groups is 1. The van der Waals surface area contributed by atoms with E-state index in [1.807, 2.05) is 0 Å². The summed E-state index contributed by atoms with van der Waals surface area (Å²) >= 11 is 2.06. The van der Waals surface area contributed by atoms with E-state index in [-0.39, 0.29) is 21.9 Å². The molecule has 1 fully saturated rings. The van der Waals surface area contributed by atoms with Crippen molar-refractivity contribution in [3.63, 3.8) is 0 Å². The van der Waals surface area contributed by atoms with Crippen molar-refractivity contribution < 1.29 is 19.1 Å². The normalized spacial score (nSPS) is 16.1. The van der Waals surface area contributed by atoms with Gasteiger partial charge in [-0.05, 0) is 30.3 Å². The number of benzene rings is 1. The SMILES string of the molecule is O=C(N/N=C1/SCC(=O)N1c1cccc(F)c1)c1ccc(O)s1. The third kappa shape index (κ3) is 3.35. The summed E-state index contributed by atoms with van der Waals surface area (Å²) in [6.07, 6.45) is 0. The molecule has 0 unspecified atom stereocenters. The lowest BCUT2D eigenvalue weighted by Crippen LogP contribution is -2.31. The van der Waals surface area contributed by atoms with Crippen molar-refractivity contribution in [2.75, 3.05) is 10.7 Å². The van der Waals surface area contributed by atoms with Crippen LogP contribution in [0.1, 0.15) is 9.67 Å². The van der Waals surface area contributed by atoms with E-state index < -0.39 is 11.7 Å². The van der Waals surface area contributed by atoms with E-state index in [4.69, 9.17) is 0 Å². The van der Waals surface area contributed by atoms with Crippen LogP contribution in [0.4, 0.5) is 10.1 Å². The maximum absolute atomic E-state index is 13.3. The number of amidine groups is 1. The first-order valence-corrected chi connectivity index (χ1v) is 8.23. The molecule has 0 aliphatic carbocycles. The molecule has 3 rings (SSSR count). The van der Waals surface area contributed by atoms with E-state index in [0.29, 0.717) is 10.6 Å². The van der Waals surface area contributed by atoms with Crippen LogP contribution in [0.25, 0.3) is 0 Å². The van der Waals surface area contributed by atoms with Gasteiger partial charge in [0.05, 0.1) is 16.3 Å². The van der Waals surface area contributed by atoms with E-state index >= 15 is 0 Å². The molecule has 1 saturated heterocycles. The van der Waals surface area contributed by atoms with Crippen molar-refractivity contribution in [3.05, 3.63) is 47.1 Å². The van der Waals surface area contributed by atoms with Gasteiger partial charge in [0.1, 0.15) is 5.82 Å². The fourth-order valence-electron chi connectivity index (χ4n) is 1.92. The van der Waals surface area contributed by atoms with Crippen LogP contribution in [0.2, 0.25) is 0 Å². The number of anilines is 1. The molecular formula is C14H10FN3O3S2. The topological polar surface area (TPSA) is 82.0 Å². The minimum absolute atomic E-state index is 0.0228. The number of nitrogens with one attached hydrogen (secondary N) is 1. The van der Waals surface area contributed by atoms with Gasteiger partial charge in [-0.2, -0.15) is 0 Å². The summed E-state index contributed by atoms with van der Waals surface area (Å²) in [5.41, 5.74) is 2.68. The van der Waals surface area contributed by atoms with Gasteiger partial charge in [-0.3, -0.25) is 14.5 Å². The highest BCUT2D eigenvalue weighted by atomic mass is 32.2. The van der Waals surface area contributed by atoms with Crippen LogP contribution in [0.5, 0.6) is 5.06 Å². The van der Waals surface area contributed by atoms with Gasteiger partial charge < -0.3 is 5.11 Å². The molecule has 0 spiro atoms. The average Bonchev–Trinajstić information content (AvgIpc) is 3.11. The second-order valence-electron chi connectivity index (χ2n) is 4.47. The number of thioether (sulfide) groups is 1. The first-order valence-electron chi connectivity index (χ1n) is 6.43. The van der Waals surface area contributed by atoms with E-state index in [0.717, 1.165) is 23.1 Å². The van der Waals surface area contributed by atoms with Crippen molar-refractivity contribution in [1.29, 1.82) is 0 Å². The molecule has 1 aromatic carbocycles. The minimum atomic E-state index is -0.498. The molecular weight excluding hydrogens is 341 g/mol. The highest BCUT2D eigenvalue weighted by Crippen LogP contribution is 2.27. The standard InChI is InChI=1S/C14H10FN3O3S2/c15-8-2-1-3-9(6-8)18-11(19)7-22-14(18)17-16-13(21)10-4-5-12(20)23-10/h1-6,20H,7H2,(H,16,21)/b17-14+. The van der Waals surface area contributed by atoms with Crippen LogP contribution >= 0.6 is 23.1 Å². The molecule has 2 aromatic rings. The number of thiophene rings is 1. The van der Waals surface area contributed by atoms with Crippen molar-refractivity contribution in [3.8, 4) is 5.06 Å². The van der Waals surface area contributed by atoms with Crippen LogP contribution in [-0.2, 0) is 4.79 Å². The number of amides is 2. The van der Waals surface area contributed by atoms with Crippen molar-refractivity contribution in [1.82, 2.24) is 5.43 Å². The highest BCUT2D eigenvalue weighted by Gasteiger charge is 2.30. The molecule has 2 N–H and O–H groups in total. The first-order chi connectivity index (χ1) is 11.0. The molecule has 9 heteroatoms. The van der Waals surface area contributed by atoms with Crippen LogP contribution in [0.15, 0.2) is 41.5 Å². The molecule has 6 nitrogen and oxygen atoms in total. The van der Waals surface area contributed by atoms with Gasteiger partial charge in [0, 0.05) is 0 Å². The van der Waals surface area contributed by atoms with Crippen LogP contribution in [0.3, 0.4) is 0 Å². The summed E-state index contributed by atoms with van der Waals surface area (Å²) in [5, 5.41) is 13.5. The fourth-order valence-corrected chi connectivity index (χ4v) is 3.38. The van der Waals surface area contributed by atoms with Gasteiger partial charge in [-0.1, -0.05) is 29.2 Å². The van der Waals surface area contributed by atoms with E-state index in [1.165, 1.54) is 35.2 Å². The van der Waals surface area contributed by atoms with Crippen molar-refractivity contribution in [2.24, 2.45) is 5.10 Å². The summed E-state index contributed by atoms with van der Waals surface area (Å²) in [7, 11) is 0. The summed E-state index contributed by atoms with van der Waals surface area (Å²) in [5.74, 6) is -1.06. The molecule has 0 bridgehead atoms. The van der Waals surface area contributed by atoms with Crippen molar-refractivity contribution >= 4 is 45.8 Å². The lowest BCUT2D eigenvalue weighted by molar-refractivity contribution is -0.115. The minimum Gasteiger partial charge on any atom is -0.499 e. The Balaban J connectivity index is 1.80. The molecule has 0 atom stereocenters. The summed E-state index contributed by atoms with van der Waals surface area (Å²) < 4.78 is 13.3. The molecule has 0 radical (unpaired) electrons. The number of halogens is 1. The monoisotopic (exact) mass is 351 g/mol. The Labute approximate surface area is 138 Å². The third-order valence-corrected chi connectivity index (χ3v) is 4.71. The number of rotatable bonds is 3. The first kappa shape index (κ1) is 15.5. The van der Waals surface area contributed by atoms with Gasteiger partial charge in [0.25, 0.3) is 5.91 Å². The summed E-state index contributed by atoms with van der Waals surface area (Å²) in [4.78, 5) is 25.4. The maximum Gasteiger partial charge on any atom is 0.281 e. The highest BCUT2D eigenvalue weighted by molar-refractivity contribution is 8.15. The molecule has 2 heterocycles. The number of hydrogen-bond acceptors (Lipinski definition) is 6. The van der Waals surface area contributed by atoms with E-state index in [2.05, 4.69) is 10.5 Å². The largest absolute Gasteiger partial charge is 0.499 e. The van der Waals surface area contributed by atoms with E-state index in [9.17, 15) is 19.1 Å². The lowest BCUT2D eigenvalue weighted by Gasteiger charge is -2.15. The Kier molecular flexibility index (Phi) is 4.30. The van der Waals surface area contributed by atoms with Crippen LogP contribution in [0, 0.1) is 5.82 Å². The molecule has 118 valence electrons. The molecule has 1 aliphatic heterocycles. The predicted molar refractivity (Wildman–Crippen MR) is 87.2 cm³/mol. The summed E-state index contributed by atoms with van der Waals surface area (Å²) in [6, 6.07) is 8.44. The predicted octanol–water partition coefficient (Wildman–Crippen LogP) is 2.37. The molecule has 1 aromatic heterocycles. The number of carbonyl (C=O) groups excluding carboxylic acids is 2. The number of hydrogen-bond donors (Lipinski definition) is 2. The van der Waals surface area contributed by atoms with Crippen LogP contribution in [-0.4, -0.2) is 27.8 Å². The zero-order valence-electron chi connectivity index (χ0n) is 11.5. The third-order valence-electron chi connectivity index (χ3n) is 2.90. The summed E-state index contributed by atoms with van der Waals surface area (Å²) in [6.45, 7) is 0. The second kappa shape index (κ2) is 6.39. The molecule has 2 amide bonds. The Hall–Kier alpha value is -2.39. The van der Waals surface area contributed by atoms with Crippen molar-refractivity contribution in [2.45, 2.75) is 0 Å². The Bertz CT molecular complexity index is 806. The Morgan fingerprint density at radius 1 is 1.35 bits per heavy atom. The second-order valence-corrected chi connectivity index (χ2v) is 6.48. The smallest absolute Gasteiger partial charge is 0.281 e. The zero-order chi connectivity index (χ0) is 16.4.